The number of halogens is 4. The van der Waals surface area contributed by atoms with Gasteiger partial charge in [-0.1, -0.05) is 60.7 Å². The van der Waals surface area contributed by atoms with Gasteiger partial charge in [-0.25, -0.2) is 17.6 Å². The van der Waals surface area contributed by atoms with Gasteiger partial charge < -0.3 is 18.5 Å². The summed E-state index contributed by atoms with van der Waals surface area (Å²) in [5, 5.41) is 0. The lowest BCUT2D eigenvalue weighted by molar-refractivity contribution is 0.118. The normalized spacial score (nSPS) is 10.7. The molecule has 0 saturated heterocycles. The molecule has 0 atom stereocenters. The molecule has 0 unspecified atom stereocenters. The maximum Gasteiger partial charge on any atom is 0.295 e. The number of nitrogens with zero attached hydrogens (tertiary/aromatic N) is 1. The minimum Gasteiger partial charge on any atom is -0.483 e. The third-order valence-corrected chi connectivity index (χ3v) is 5.20. The number of aryl methyl sites for hydroxylation is 1. The summed E-state index contributed by atoms with van der Waals surface area (Å²) in [6.45, 7) is 2.49. The van der Waals surface area contributed by atoms with Gasteiger partial charge in [-0.05, 0) is 18.1 Å². The van der Waals surface area contributed by atoms with Crippen molar-refractivity contribution in [2.75, 3.05) is 0 Å². The predicted octanol–water partition coefficient (Wildman–Crippen LogP) is 6.54. The lowest BCUT2D eigenvalue weighted by Gasteiger charge is -2.13. The molecule has 0 radical (unpaired) electrons. The average Bonchev–Trinajstić information content (AvgIpc) is 2.93. The Morgan fingerprint density at radius 1 is 0.763 bits per heavy atom. The molecule has 4 aromatic rings. The van der Waals surface area contributed by atoms with Gasteiger partial charge in [0.25, 0.3) is 12.9 Å². The molecule has 0 bridgehead atoms. The number of hydrogen-bond donors (Lipinski definition) is 0. The summed E-state index contributed by atoms with van der Waals surface area (Å²) < 4.78 is 66.6. The van der Waals surface area contributed by atoms with Crippen molar-refractivity contribution in [2.45, 2.75) is 39.5 Å². The van der Waals surface area contributed by atoms with Crippen LogP contribution in [-0.2, 0) is 19.8 Å². The van der Waals surface area contributed by atoms with Crippen LogP contribution in [0.4, 0.5) is 17.6 Å². The second-order valence-corrected chi connectivity index (χ2v) is 7.87. The fourth-order valence-corrected chi connectivity index (χ4v) is 3.24. The lowest BCUT2D eigenvalue weighted by Crippen LogP contribution is -2.15. The number of pyridine rings is 1. The molecule has 0 aliphatic heterocycles. The molecule has 2 heterocycles. The Balaban J connectivity index is 0.000000212. The molecule has 0 aliphatic rings. The van der Waals surface area contributed by atoms with Gasteiger partial charge >= 0.3 is 0 Å². The number of rotatable bonds is 9. The van der Waals surface area contributed by atoms with Crippen LogP contribution in [-0.4, -0.2) is 4.57 Å². The highest BCUT2D eigenvalue weighted by Crippen LogP contribution is 2.20. The van der Waals surface area contributed by atoms with Crippen LogP contribution in [0.5, 0.6) is 11.5 Å². The molecule has 0 fully saturated rings. The minimum absolute atomic E-state index is 0.0803. The molecule has 6 nitrogen and oxygen atoms in total. The highest BCUT2D eigenvalue weighted by Gasteiger charge is 2.15. The van der Waals surface area contributed by atoms with Crippen molar-refractivity contribution < 1.29 is 31.5 Å². The largest absolute Gasteiger partial charge is 0.483 e. The van der Waals surface area contributed by atoms with Crippen LogP contribution in [0.2, 0.25) is 0 Å². The summed E-state index contributed by atoms with van der Waals surface area (Å²) >= 11 is 0. The maximum atomic E-state index is 12.8. The van der Waals surface area contributed by atoms with E-state index in [1.165, 1.54) is 10.8 Å². The van der Waals surface area contributed by atoms with Crippen LogP contribution in [0.1, 0.15) is 42.4 Å². The Morgan fingerprint density at radius 3 is 1.76 bits per heavy atom. The van der Waals surface area contributed by atoms with Crippen LogP contribution in [0.3, 0.4) is 0 Å². The molecule has 10 heteroatoms. The zero-order valence-corrected chi connectivity index (χ0v) is 20.4. The van der Waals surface area contributed by atoms with Crippen molar-refractivity contribution in [2.24, 2.45) is 0 Å². The first-order valence-corrected chi connectivity index (χ1v) is 11.5. The third-order valence-electron chi connectivity index (χ3n) is 5.20. The van der Waals surface area contributed by atoms with Crippen molar-refractivity contribution in [3.63, 3.8) is 0 Å². The summed E-state index contributed by atoms with van der Waals surface area (Å²) in [6, 6.07) is 20.2. The van der Waals surface area contributed by atoms with E-state index in [-0.39, 0.29) is 30.4 Å². The number of benzene rings is 2. The first-order valence-electron chi connectivity index (χ1n) is 11.5. The Bertz CT molecular complexity index is 1410. The van der Waals surface area contributed by atoms with Gasteiger partial charge in [-0.15, -0.1) is 0 Å². The molecular formula is C28H25F4NO5. The molecular weight excluding hydrogens is 506 g/mol. The summed E-state index contributed by atoms with van der Waals surface area (Å²) in [4.78, 5) is 23.2. The van der Waals surface area contributed by atoms with Gasteiger partial charge in [0, 0.05) is 18.7 Å². The van der Waals surface area contributed by atoms with Crippen LogP contribution < -0.4 is 20.3 Å². The molecule has 4 rings (SSSR count). The van der Waals surface area contributed by atoms with Crippen molar-refractivity contribution >= 4 is 0 Å². The Labute approximate surface area is 215 Å². The zero-order valence-electron chi connectivity index (χ0n) is 20.4. The fraction of sp³-hybridized carbons (Fsp3) is 0.214. The van der Waals surface area contributed by atoms with Crippen molar-refractivity contribution in [3.8, 4) is 11.5 Å². The topological polar surface area (TPSA) is 70.7 Å². The molecule has 0 aliphatic carbocycles. The number of hydrogen-bond acceptors (Lipinski definition) is 5. The van der Waals surface area contributed by atoms with Gasteiger partial charge in [-0.2, -0.15) is 0 Å². The smallest absolute Gasteiger partial charge is 0.295 e. The molecule has 200 valence electrons. The molecule has 0 saturated carbocycles. The molecule has 0 amide bonds. The highest BCUT2D eigenvalue weighted by atomic mass is 19.3. The van der Waals surface area contributed by atoms with Gasteiger partial charge in [0.05, 0.1) is 11.9 Å². The minimum atomic E-state index is -2.80. The average molecular weight is 532 g/mol. The SMILES string of the molecule is CCn1cc(OCc2ccccc2)c(=O)cc1C(F)F.O=c1cc(C(F)F)occ1OCc1ccccc1. The fourth-order valence-electron chi connectivity index (χ4n) is 3.24. The summed E-state index contributed by atoms with van der Waals surface area (Å²) in [5.74, 6) is -0.657. The third kappa shape index (κ3) is 8.09. The lowest BCUT2D eigenvalue weighted by atomic mass is 10.2. The predicted molar refractivity (Wildman–Crippen MR) is 133 cm³/mol. The Kier molecular flexibility index (Phi) is 10.3. The number of alkyl halides is 4. The summed E-state index contributed by atoms with van der Waals surface area (Å²) in [7, 11) is 0. The van der Waals surface area contributed by atoms with Crippen molar-refractivity contribution in [1.29, 1.82) is 0 Å². The zero-order chi connectivity index (χ0) is 27.5. The molecule has 2 aromatic carbocycles. The first kappa shape index (κ1) is 28.2. The van der Waals surface area contributed by atoms with E-state index < -0.39 is 29.5 Å². The van der Waals surface area contributed by atoms with E-state index >= 15 is 0 Å². The second-order valence-electron chi connectivity index (χ2n) is 7.87. The number of aromatic nitrogens is 1. The van der Waals surface area contributed by atoms with Crippen molar-refractivity contribution in [3.05, 3.63) is 128 Å². The van der Waals surface area contributed by atoms with Gasteiger partial charge in [0.15, 0.2) is 11.5 Å². The molecule has 38 heavy (non-hydrogen) atoms. The molecule has 0 N–H and O–H groups in total. The van der Waals surface area contributed by atoms with Crippen LogP contribution in [0.15, 0.2) is 99.3 Å². The van der Waals surface area contributed by atoms with Crippen LogP contribution in [0.25, 0.3) is 0 Å². The van der Waals surface area contributed by atoms with Gasteiger partial charge in [0.1, 0.15) is 19.5 Å². The molecule has 0 spiro atoms. The quantitative estimate of drug-likeness (QED) is 0.229. The monoisotopic (exact) mass is 531 g/mol. The first-order chi connectivity index (χ1) is 18.3. The van der Waals surface area contributed by atoms with Crippen LogP contribution in [0, 0.1) is 0 Å². The van der Waals surface area contributed by atoms with E-state index in [2.05, 4.69) is 4.42 Å². The van der Waals surface area contributed by atoms with Gasteiger partial charge in [-0.3, -0.25) is 9.59 Å². The Hall–Kier alpha value is -4.34. The van der Waals surface area contributed by atoms with E-state index in [9.17, 15) is 27.2 Å². The standard InChI is InChI=1S/C15H15F2NO2.C13H10F2O3/c1-2-18-9-14(13(19)8-12(18)15(16)17)20-10-11-6-4-3-5-7-11;14-13(15)11-6-10(16)12(8-18-11)17-7-9-4-2-1-3-5-9/h3-9,15H,2,10H2,1H3;1-6,8,13H,7H2. The van der Waals surface area contributed by atoms with E-state index in [1.54, 1.807) is 6.92 Å². The highest BCUT2D eigenvalue weighted by molar-refractivity contribution is 5.24. The second kappa shape index (κ2) is 13.8. The van der Waals surface area contributed by atoms with E-state index in [1.807, 2.05) is 60.7 Å². The maximum absolute atomic E-state index is 12.8. The van der Waals surface area contributed by atoms with E-state index in [0.29, 0.717) is 6.54 Å². The van der Waals surface area contributed by atoms with Crippen molar-refractivity contribution in [1.82, 2.24) is 4.57 Å². The molecule has 2 aromatic heterocycles. The Morgan fingerprint density at radius 2 is 1.29 bits per heavy atom. The van der Waals surface area contributed by atoms with Gasteiger partial charge in [0.2, 0.25) is 16.6 Å². The summed E-state index contributed by atoms with van der Waals surface area (Å²) in [6.07, 6.45) is -3.23. The van der Waals surface area contributed by atoms with Crippen LogP contribution >= 0.6 is 0 Å². The van der Waals surface area contributed by atoms with E-state index in [4.69, 9.17) is 9.47 Å². The van der Waals surface area contributed by atoms with E-state index in [0.717, 1.165) is 29.5 Å². The number of ether oxygens (including phenoxy) is 2. The summed E-state index contributed by atoms with van der Waals surface area (Å²) in [5.41, 5.74) is 0.348.